The molecule has 0 aliphatic rings. The lowest BCUT2D eigenvalue weighted by Gasteiger charge is -2.12. The van der Waals surface area contributed by atoms with E-state index in [1.807, 2.05) is 6.92 Å². The summed E-state index contributed by atoms with van der Waals surface area (Å²) in [5.74, 6) is -0.284. The van der Waals surface area contributed by atoms with Gasteiger partial charge in [0.2, 0.25) is 5.91 Å². The summed E-state index contributed by atoms with van der Waals surface area (Å²) in [6.45, 7) is 7.90. The number of halogens is 1. The zero-order chi connectivity index (χ0) is 14.5. The van der Waals surface area contributed by atoms with Crippen LogP contribution in [-0.2, 0) is 19.0 Å². The molecule has 1 atom stereocenters. The van der Waals surface area contributed by atoms with Crippen molar-refractivity contribution < 1.29 is 23.4 Å². The van der Waals surface area contributed by atoms with Gasteiger partial charge in [-0.05, 0) is 6.92 Å². The molecule has 0 radical (unpaired) electrons. The summed E-state index contributed by atoms with van der Waals surface area (Å²) >= 11 is 0. The molecule has 0 spiro atoms. The van der Waals surface area contributed by atoms with Crippen molar-refractivity contribution in [1.82, 2.24) is 5.32 Å². The smallest absolute Gasteiger partial charge is 0.222 e. The van der Waals surface area contributed by atoms with Gasteiger partial charge in [-0.25, -0.2) is 4.39 Å². The summed E-state index contributed by atoms with van der Waals surface area (Å²) < 4.78 is 28.7. The summed E-state index contributed by atoms with van der Waals surface area (Å²) in [6, 6.07) is 0. The number of rotatable bonds is 12. The molecule has 0 aliphatic heterocycles. The lowest BCUT2D eigenvalue weighted by atomic mass is 10.2. The Morgan fingerprint density at radius 1 is 1.11 bits per heavy atom. The Morgan fingerprint density at radius 3 is 2.26 bits per heavy atom. The minimum atomic E-state index is -1.19. The van der Waals surface area contributed by atoms with Crippen LogP contribution < -0.4 is 5.32 Å². The Hall–Kier alpha value is -0.720. The van der Waals surface area contributed by atoms with Crippen LogP contribution in [0.25, 0.3) is 0 Å². The van der Waals surface area contributed by atoms with Crippen LogP contribution in [-0.4, -0.2) is 58.3 Å². The van der Waals surface area contributed by atoms with Crippen molar-refractivity contribution in [2.24, 2.45) is 5.92 Å². The number of alkyl halides is 1. The predicted molar refractivity (Wildman–Crippen MR) is 70.9 cm³/mol. The first-order valence-electron chi connectivity index (χ1n) is 6.72. The van der Waals surface area contributed by atoms with Crippen LogP contribution in [0.1, 0.15) is 20.8 Å². The van der Waals surface area contributed by atoms with Gasteiger partial charge in [0.1, 0.15) is 6.17 Å². The minimum absolute atomic E-state index is 0.0117. The molecule has 0 bridgehead atoms. The van der Waals surface area contributed by atoms with Gasteiger partial charge in [0, 0.05) is 12.5 Å². The fourth-order valence-electron chi connectivity index (χ4n) is 1.17. The highest BCUT2D eigenvalue weighted by Gasteiger charge is 2.11. The standard InChI is InChI=1S/C13H26FNO4/c1-4-17-5-6-18-7-8-19-10-12(14)9-15-13(16)11(2)3/h11-12H,4-10H2,1-3H3,(H,15,16). The van der Waals surface area contributed by atoms with E-state index in [0.717, 1.165) is 0 Å². The number of hydrogen-bond donors (Lipinski definition) is 1. The molecule has 6 heteroatoms. The Labute approximate surface area is 114 Å². The average molecular weight is 279 g/mol. The lowest BCUT2D eigenvalue weighted by Crippen LogP contribution is -2.35. The lowest BCUT2D eigenvalue weighted by molar-refractivity contribution is -0.124. The van der Waals surface area contributed by atoms with Crippen LogP contribution in [0.15, 0.2) is 0 Å². The highest BCUT2D eigenvalue weighted by molar-refractivity contribution is 5.77. The third-order valence-electron chi connectivity index (χ3n) is 2.27. The Kier molecular flexibility index (Phi) is 11.9. The van der Waals surface area contributed by atoms with Gasteiger partial charge in [0.05, 0.1) is 39.6 Å². The van der Waals surface area contributed by atoms with Gasteiger partial charge in [0.15, 0.2) is 0 Å². The molecule has 0 fully saturated rings. The molecule has 19 heavy (non-hydrogen) atoms. The quantitative estimate of drug-likeness (QED) is 0.545. The van der Waals surface area contributed by atoms with Crippen LogP contribution in [0.5, 0.6) is 0 Å². The molecule has 0 saturated heterocycles. The molecule has 0 aromatic heterocycles. The van der Waals surface area contributed by atoms with E-state index < -0.39 is 6.17 Å². The highest BCUT2D eigenvalue weighted by atomic mass is 19.1. The van der Waals surface area contributed by atoms with Gasteiger partial charge in [0.25, 0.3) is 0 Å². The molecule has 0 aromatic rings. The fraction of sp³-hybridized carbons (Fsp3) is 0.923. The second-order valence-corrected chi connectivity index (χ2v) is 4.38. The van der Waals surface area contributed by atoms with Crippen LogP contribution in [0.2, 0.25) is 0 Å². The molecule has 1 unspecified atom stereocenters. The van der Waals surface area contributed by atoms with Crippen molar-refractivity contribution in [2.45, 2.75) is 26.9 Å². The van der Waals surface area contributed by atoms with E-state index in [1.54, 1.807) is 13.8 Å². The topological polar surface area (TPSA) is 56.8 Å². The van der Waals surface area contributed by atoms with Crippen molar-refractivity contribution in [2.75, 3.05) is 46.2 Å². The maximum atomic E-state index is 13.3. The number of carbonyl (C=O) groups is 1. The van der Waals surface area contributed by atoms with Gasteiger partial charge in [-0.1, -0.05) is 13.8 Å². The molecule has 0 rings (SSSR count). The Balaban J connectivity index is 3.29. The van der Waals surface area contributed by atoms with Crippen LogP contribution in [0.4, 0.5) is 4.39 Å². The molecule has 0 saturated carbocycles. The second kappa shape index (κ2) is 12.3. The molecule has 1 N–H and O–H groups in total. The zero-order valence-corrected chi connectivity index (χ0v) is 12.1. The van der Waals surface area contributed by atoms with Gasteiger partial charge in [-0.3, -0.25) is 4.79 Å². The van der Waals surface area contributed by atoms with Crippen LogP contribution >= 0.6 is 0 Å². The molecular weight excluding hydrogens is 253 g/mol. The van der Waals surface area contributed by atoms with E-state index in [2.05, 4.69) is 5.32 Å². The third kappa shape index (κ3) is 12.1. The molecule has 5 nitrogen and oxygen atoms in total. The van der Waals surface area contributed by atoms with E-state index in [-0.39, 0.29) is 25.0 Å². The van der Waals surface area contributed by atoms with Crippen LogP contribution in [0.3, 0.4) is 0 Å². The van der Waals surface area contributed by atoms with Gasteiger partial charge in [-0.15, -0.1) is 0 Å². The number of amides is 1. The van der Waals surface area contributed by atoms with E-state index in [4.69, 9.17) is 14.2 Å². The normalized spacial score (nSPS) is 12.7. The average Bonchev–Trinajstić information content (AvgIpc) is 2.38. The summed E-state index contributed by atoms with van der Waals surface area (Å²) in [5.41, 5.74) is 0. The maximum absolute atomic E-state index is 13.3. The molecule has 1 amide bonds. The number of hydrogen-bond acceptors (Lipinski definition) is 4. The number of carbonyl (C=O) groups excluding carboxylic acids is 1. The number of nitrogens with one attached hydrogen (secondary N) is 1. The summed E-state index contributed by atoms with van der Waals surface area (Å²) in [5, 5.41) is 2.52. The van der Waals surface area contributed by atoms with Crippen LogP contribution in [0, 0.1) is 5.92 Å². The van der Waals surface area contributed by atoms with Crippen molar-refractivity contribution in [3.05, 3.63) is 0 Å². The Bertz CT molecular complexity index is 227. The molecule has 0 heterocycles. The van der Waals surface area contributed by atoms with Crippen molar-refractivity contribution in [1.29, 1.82) is 0 Å². The SMILES string of the molecule is CCOCCOCCOCC(F)CNC(=O)C(C)C. The molecule has 0 aromatic carbocycles. The largest absolute Gasteiger partial charge is 0.379 e. The molecule has 114 valence electrons. The first kappa shape index (κ1) is 18.3. The summed E-state index contributed by atoms with van der Waals surface area (Å²) in [4.78, 5) is 11.2. The van der Waals surface area contributed by atoms with E-state index in [0.29, 0.717) is 33.0 Å². The van der Waals surface area contributed by atoms with E-state index in [9.17, 15) is 9.18 Å². The second-order valence-electron chi connectivity index (χ2n) is 4.38. The highest BCUT2D eigenvalue weighted by Crippen LogP contribution is 1.94. The Morgan fingerprint density at radius 2 is 1.68 bits per heavy atom. The first-order chi connectivity index (χ1) is 9.07. The zero-order valence-electron chi connectivity index (χ0n) is 12.1. The maximum Gasteiger partial charge on any atom is 0.222 e. The van der Waals surface area contributed by atoms with Gasteiger partial charge in [-0.2, -0.15) is 0 Å². The van der Waals surface area contributed by atoms with Crippen molar-refractivity contribution >= 4 is 5.91 Å². The number of ether oxygens (including phenoxy) is 3. The van der Waals surface area contributed by atoms with E-state index >= 15 is 0 Å². The van der Waals surface area contributed by atoms with E-state index in [1.165, 1.54) is 0 Å². The molecular formula is C13H26FNO4. The summed E-state index contributed by atoms with van der Waals surface area (Å²) in [6.07, 6.45) is -1.19. The minimum Gasteiger partial charge on any atom is -0.379 e. The molecule has 0 aliphatic carbocycles. The predicted octanol–water partition coefficient (Wildman–Crippen LogP) is 1.17. The van der Waals surface area contributed by atoms with Crippen molar-refractivity contribution in [3.8, 4) is 0 Å². The summed E-state index contributed by atoms with van der Waals surface area (Å²) in [7, 11) is 0. The first-order valence-corrected chi connectivity index (χ1v) is 6.72. The van der Waals surface area contributed by atoms with Gasteiger partial charge < -0.3 is 19.5 Å². The van der Waals surface area contributed by atoms with Gasteiger partial charge >= 0.3 is 0 Å². The van der Waals surface area contributed by atoms with Crippen molar-refractivity contribution in [3.63, 3.8) is 0 Å². The monoisotopic (exact) mass is 279 g/mol. The third-order valence-corrected chi connectivity index (χ3v) is 2.27. The fourth-order valence-corrected chi connectivity index (χ4v) is 1.17.